The average Bonchev–Trinajstić information content (AvgIpc) is 2.16. The molecular weight excluding hydrogens is 204 g/mol. The highest BCUT2D eigenvalue weighted by atomic mass is 35.5. The van der Waals surface area contributed by atoms with E-state index in [0.29, 0.717) is 0 Å². The SMILES string of the molecule is O=C(O)CC[C@@](O)(Cl)C1CCCCC1. The van der Waals surface area contributed by atoms with E-state index in [4.69, 9.17) is 16.7 Å². The van der Waals surface area contributed by atoms with Crippen molar-refractivity contribution in [2.75, 3.05) is 0 Å². The summed E-state index contributed by atoms with van der Waals surface area (Å²) in [5, 5.41) is 17.1. The van der Waals surface area contributed by atoms with Gasteiger partial charge in [0, 0.05) is 18.8 Å². The molecule has 0 unspecified atom stereocenters. The summed E-state index contributed by atoms with van der Waals surface area (Å²) in [5.41, 5.74) is 0. The topological polar surface area (TPSA) is 57.5 Å². The second-order valence-electron chi connectivity index (χ2n) is 4.05. The first-order valence-corrected chi connectivity index (χ1v) is 5.53. The zero-order valence-electron chi connectivity index (χ0n) is 8.21. The third-order valence-electron chi connectivity index (χ3n) is 2.92. The maximum absolute atomic E-state index is 10.4. The number of aliphatic carboxylic acids is 1. The molecular formula is C10H17ClO3. The first-order valence-electron chi connectivity index (χ1n) is 5.15. The number of rotatable bonds is 4. The summed E-state index contributed by atoms with van der Waals surface area (Å²) < 4.78 is 0. The smallest absolute Gasteiger partial charge is 0.303 e. The summed E-state index contributed by atoms with van der Waals surface area (Å²) in [4.78, 5) is 10.4. The van der Waals surface area contributed by atoms with Crippen molar-refractivity contribution in [2.45, 2.75) is 50.0 Å². The van der Waals surface area contributed by atoms with Gasteiger partial charge in [0.25, 0.3) is 0 Å². The molecule has 0 radical (unpaired) electrons. The van der Waals surface area contributed by atoms with Crippen molar-refractivity contribution >= 4 is 17.6 Å². The number of carbonyl (C=O) groups is 1. The molecule has 0 aromatic carbocycles. The molecule has 4 heteroatoms. The molecule has 0 aliphatic heterocycles. The molecule has 1 atom stereocenters. The molecule has 1 rings (SSSR count). The number of carboxylic acid groups (broad SMARTS) is 1. The standard InChI is InChI=1S/C10H17ClO3/c11-10(14,7-6-9(12)13)8-4-2-1-3-5-8/h8,14H,1-7H2,(H,12,13)/t10-/m0/s1. The third kappa shape index (κ3) is 3.46. The summed E-state index contributed by atoms with van der Waals surface area (Å²) in [6.07, 6.45) is 5.30. The molecule has 2 N–H and O–H groups in total. The van der Waals surface area contributed by atoms with Crippen molar-refractivity contribution in [3.63, 3.8) is 0 Å². The van der Waals surface area contributed by atoms with Crippen molar-refractivity contribution in [1.82, 2.24) is 0 Å². The van der Waals surface area contributed by atoms with E-state index in [1.54, 1.807) is 0 Å². The Morgan fingerprint density at radius 1 is 1.36 bits per heavy atom. The number of alkyl halides is 1. The summed E-state index contributed by atoms with van der Waals surface area (Å²) >= 11 is 5.95. The quantitative estimate of drug-likeness (QED) is 0.716. The van der Waals surface area contributed by atoms with Crippen LogP contribution in [0.1, 0.15) is 44.9 Å². The van der Waals surface area contributed by atoms with Crippen LogP contribution in [0.15, 0.2) is 0 Å². The van der Waals surface area contributed by atoms with E-state index in [-0.39, 0.29) is 18.8 Å². The third-order valence-corrected chi connectivity index (χ3v) is 3.42. The van der Waals surface area contributed by atoms with Crippen LogP contribution in [-0.2, 0) is 4.79 Å². The van der Waals surface area contributed by atoms with E-state index >= 15 is 0 Å². The van der Waals surface area contributed by atoms with Gasteiger partial charge in [0.15, 0.2) is 0 Å². The molecule has 82 valence electrons. The Hall–Kier alpha value is -0.280. The highest BCUT2D eigenvalue weighted by molar-refractivity contribution is 6.22. The maximum atomic E-state index is 10.4. The van der Waals surface area contributed by atoms with Gasteiger partial charge in [-0.2, -0.15) is 0 Å². The Morgan fingerprint density at radius 3 is 2.43 bits per heavy atom. The molecule has 1 aliphatic carbocycles. The second kappa shape index (κ2) is 4.99. The fourth-order valence-electron chi connectivity index (χ4n) is 2.03. The average molecular weight is 221 g/mol. The van der Waals surface area contributed by atoms with Crippen LogP contribution in [0.25, 0.3) is 0 Å². The predicted octanol–water partition coefficient (Wildman–Crippen LogP) is 2.36. The Bertz CT molecular complexity index is 198. The summed E-state index contributed by atoms with van der Waals surface area (Å²) in [6, 6.07) is 0. The van der Waals surface area contributed by atoms with Crippen molar-refractivity contribution in [3.05, 3.63) is 0 Å². The lowest BCUT2D eigenvalue weighted by Crippen LogP contribution is -2.33. The first kappa shape index (κ1) is 11.8. The number of hydrogen-bond donors (Lipinski definition) is 2. The van der Waals surface area contributed by atoms with Crippen LogP contribution in [0.4, 0.5) is 0 Å². The van der Waals surface area contributed by atoms with Crippen LogP contribution in [-0.4, -0.2) is 21.2 Å². The van der Waals surface area contributed by atoms with Gasteiger partial charge in [-0.05, 0) is 12.8 Å². The van der Waals surface area contributed by atoms with Gasteiger partial charge in [-0.3, -0.25) is 4.79 Å². The van der Waals surface area contributed by atoms with Crippen molar-refractivity contribution < 1.29 is 15.0 Å². The van der Waals surface area contributed by atoms with Crippen LogP contribution in [0.3, 0.4) is 0 Å². The van der Waals surface area contributed by atoms with Crippen LogP contribution >= 0.6 is 11.6 Å². The Kier molecular flexibility index (Phi) is 4.20. The molecule has 3 nitrogen and oxygen atoms in total. The minimum absolute atomic E-state index is 0.0590. The van der Waals surface area contributed by atoms with Crippen molar-refractivity contribution in [3.8, 4) is 0 Å². The monoisotopic (exact) mass is 220 g/mol. The molecule has 0 heterocycles. The van der Waals surface area contributed by atoms with Crippen LogP contribution in [0.5, 0.6) is 0 Å². The minimum Gasteiger partial charge on any atom is -0.481 e. The lowest BCUT2D eigenvalue weighted by atomic mass is 9.83. The van der Waals surface area contributed by atoms with Gasteiger partial charge < -0.3 is 10.2 Å². The molecule has 0 saturated heterocycles. The molecule has 0 bridgehead atoms. The van der Waals surface area contributed by atoms with E-state index in [1.165, 1.54) is 6.42 Å². The summed E-state index contributed by atoms with van der Waals surface area (Å²) in [7, 11) is 0. The largest absolute Gasteiger partial charge is 0.481 e. The van der Waals surface area contributed by atoms with Crippen molar-refractivity contribution in [2.24, 2.45) is 5.92 Å². The van der Waals surface area contributed by atoms with Gasteiger partial charge in [0.1, 0.15) is 5.06 Å². The lowest BCUT2D eigenvalue weighted by Gasteiger charge is -2.33. The van der Waals surface area contributed by atoms with E-state index < -0.39 is 11.0 Å². The fraction of sp³-hybridized carbons (Fsp3) is 0.900. The van der Waals surface area contributed by atoms with Gasteiger partial charge in [-0.1, -0.05) is 30.9 Å². The molecule has 0 amide bonds. The van der Waals surface area contributed by atoms with E-state index in [1.807, 2.05) is 0 Å². The number of carboxylic acids is 1. The lowest BCUT2D eigenvalue weighted by molar-refractivity contribution is -0.138. The molecule has 0 spiro atoms. The second-order valence-corrected chi connectivity index (χ2v) is 4.70. The molecule has 1 fully saturated rings. The molecule has 1 aliphatic rings. The normalized spacial score (nSPS) is 23.0. The number of aliphatic hydroxyl groups is 1. The van der Waals surface area contributed by atoms with Gasteiger partial charge in [0.05, 0.1) is 0 Å². The molecule has 0 aromatic heterocycles. The zero-order valence-corrected chi connectivity index (χ0v) is 8.96. The van der Waals surface area contributed by atoms with Gasteiger partial charge >= 0.3 is 5.97 Å². The van der Waals surface area contributed by atoms with Gasteiger partial charge in [0.2, 0.25) is 0 Å². The fourth-order valence-corrected chi connectivity index (χ4v) is 2.34. The maximum Gasteiger partial charge on any atom is 0.303 e. The predicted molar refractivity (Wildman–Crippen MR) is 54.2 cm³/mol. The van der Waals surface area contributed by atoms with Gasteiger partial charge in [-0.15, -0.1) is 0 Å². The Balaban J connectivity index is 2.41. The van der Waals surface area contributed by atoms with Crippen LogP contribution in [0.2, 0.25) is 0 Å². The number of hydrogen-bond acceptors (Lipinski definition) is 2. The highest BCUT2D eigenvalue weighted by Gasteiger charge is 2.35. The summed E-state index contributed by atoms with van der Waals surface area (Å²) in [5.74, 6) is -0.836. The van der Waals surface area contributed by atoms with E-state index in [0.717, 1.165) is 25.7 Å². The molecule has 14 heavy (non-hydrogen) atoms. The van der Waals surface area contributed by atoms with E-state index in [2.05, 4.69) is 0 Å². The van der Waals surface area contributed by atoms with Crippen LogP contribution < -0.4 is 0 Å². The first-order chi connectivity index (χ1) is 6.52. The van der Waals surface area contributed by atoms with Gasteiger partial charge in [-0.25, -0.2) is 0 Å². The Morgan fingerprint density at radius 2 is 1.93 bits per heavy atom. The molecule has 0 aromatic rings. The van der Waals surface area contributed by atoms with Crippen molar-refractivity contribution in [1.29, 1.82) is 0 Å². The summed E-state index contributed by atoms with van der Waals surface area (Å²) in [6.45, 7) is 0. The Labute approximate surface area is 89.1 Å². The van der Waals surface area contributed by atoms with E-state index in [9.17, 15) is 9.90 Å². The minimum atomic E-state index is -1.31. The zero-order chi connectivity index (χ0) is 10.6. The highest BCUT2D eigenvalue weighted by Crippen LogP contribution is 2.38. The van der Waals surface area contributed by atoms with Crippen LogP contribution in [0, 0.1) is 5.92 Å². The number of halogens is 1. The molecule has 1 saturated carbocycles.